The molecule has 112 valence electrons. The van der Waals surface area contributed by atoms with E-state index in [0.29, 0.717) is 6.61 Å². The van der Waals surface area contributed by atoms with Gasteiger partial charge in [-0.05, 0) is 43.2 Å². The molecule has 0 radical (unpaired) electrons. The lowest BCUT2D eigenvalue weighted by Crippen LogP contribution is -1.99. The van der Waals surface area contributed by atoms with Gasteiger partial charge in [0, 0.05) is 11.3 Å². The van der Waals surface area contributed by atoms with Gasteiger partial charge in [-0.3, -0.25) is 5.10 Å². The Kier molecular flexibility index (Phi) is 3.83. The van der Waals surface area contributed by atoms with Crippen molar-refractivity contribution in [1.29, 1.82) is 0 Å². The number of hydrogen-bond donors (Lipinski definition) is 2. The molecular weight excluding hydrogens is 274 g/mol. The first-order chi connectivity index (χ1) is 10.6. The van der Waals surface area contributed by atoms with Crippen molar-refractivity contribution in [3.8, 4) is 17.0 Å². The monoisotopic (exact) mass is 293 g/mol. The number of ether oxygens (including phenoxy) is 1. The molecule has 0 atom stereocenters. The summed E-state index contributed by atoms with van der Waals surface area (Å²) < 4.78 is 5.93. The highest BCUT2D eigenvalue weighted by Crippen LogP contribution is 2.24. The lowest BCUT2D eigenvalue weighted by Gasteiger charge is -2.10. The Morgan fingerprint density at radius 3 is 2.50 bits per heavy atom. The number of aromatic amines is 1. The van der Waals surface area contributed by atoms with Crippen LogP contribution in [0.15, 0.2) is 48.5 Å². The minimum Gasteiger partial charge on any atom is -0.487 e. The van der Waals surface area contributed by atoms with Crippen molar-refractivity contribution in [2.75, 3.05) is 5.73 Å². The van der Waals surface area contributed by atoms with Crippen LogP contribution in [-0.2, 0) is 6.61 Å². The van der Waals surface area contributed by atoms with Gasteiger partial charge in [-0.2, -0.15) is 5.10 Å². The van der Waals surface area contributed by atoms with E-state index in [-0.39, 0.29) is 0 Å². The number of aromatic nitrogens is 2. The van der Waals surface area contributed by atoms with Crippen molar-refractivity contribution in [3.63, 3.8) is 0 Å². The molecule has 0 unspecified atom stereocenters. The van der Waals surface area contributed by atoms with E-state index in [2.05, 4.69) is 10.2 Å². The van der Waals surface area contributed by atoms with Crippen molar-refractivity contribution in [1.82, 2.24) is 10.2 Å². The van der Waals surface area contributed by atoms with Crippen LogP contribution in [0.3, 0.4) is 0 Å². The Hall–Kier alpha value is -2.75. The van der Waals surface area contributed by atoms with E-state index < -0.39 is 0 Å². The second kappa shape index (κ2) is 5.93. The average molecular weight is 293 g/mol. The second-order valence-electron chi connectivity index (χ2n) is 5.41. The normalized spacial score (nSPS) is 10.6. The summed E-state index contributed by atoms with van der Waals surface area (Å²) in [5.41, 5.74) is 11.6. The summed E-state index contributed by atoms with van der Waals surface area (Å²) in [6, 6.07) is 15.8. The van der Waals surface area contributed by atoms with Gasteiger partial charge in [-0.25, -0.2) is 0 Å². The fraction of sp³-hybridized carbons (Fsp3) is 0.167. The molecule has 0 aliphatic carbocycles. The highest BCUT2D eigenvalue weighted by Gasteiger charge is 2.07. The number of aryl methyl sites for hydroxylation is 2. The summed E-state index contributed by atoms with van der Waals surface area (Å²) in [7, 11) is 0. The first-order valence-corrected chi connectivity index (χ1v) is 7.22. The van der Waals surface area contributed by atoms with E-state index in [1.54, 1.807) is 0 Å². The van der Waals surface area contributed by atoms with Gasteiger partial charge < -0.3 is 10.5 Å². The van der Waals surface area contributed by atoms with Crippen LogP contribution in [0.2, 0.25) is 0 Å². The van der Waals surface area contributed by atoms with E-state index in [0.717, 1.165) is 39.5 Å². The average Bonchev–Trinajstić information content (AvgIpc) is 2.96. The van der Waals surface area contributed by atoms with Gasteiger partial charge >= 0.3 is 0 Å². The molecule has 0 bridgehead atoms. The Morgan fingerprint density at radius 1 is 1.05 bits per heavy atom. The summed E-state index contributed by atoms with van der Waals surface area (Å²) in [5, 5.41) is 7.34. The molecule has 1 heterocycles. The van der Waals surface area contributed by atoms with Crippen molar-refractivity contribution in [2.45, 2.75) is 20.5 Å². The van der Waals surface area contributed by atoms with E-state index in [1.807, 2.05) is 62.4 Å². The second-order valence-corrected chi connectivity index (χ2v) is 5.41. The fourth-order valence-electron chi connectivity index (χ4n) is 2.46. The minimum absolute atomic E-state index is 0.459. The van der Waals surface area contributed by atoms with Crippen LogP contribution < -0.4 is 10.5 Å². The largest absolute Gasteiger partial charge is 0.487 e. The molecule has 0 saturated carbocycles. The lowest BCUT2D eigenvalue weighted by atomic mass is 10.1. The van der Waals surface area contributed by atoms with Gasteiger partial charge in [0.2, 0.25) is 0 Å². The summed E-state index contributed by atoms with van der Waals surface area (Å²) in [4.78, 5) is 0. The van der Waals surface area contributed by atoms with Crippen LogP contribution in [0, 0.1) is 13.8 Å². The number of nitrogens with one attached hydrogen (secondary N) is 1. The highest BCUT2D eigenvalue weighted by atomic mass is 16.5. The molecule has 0 aliphatic rings. The zero-order valence-electron chi connectivity index (χ0n) is 12.8. The van der Waals surface area contributed by atoms with Gasteiger partial charge in [-0.1, -0.05) is 30.3 Å². The number of hydrogen-bond acceptors (Lipinski definition) is 3. The molecule has 0 amide bonds. The molecule has 3 rings (SSSR count). The number of nitrogen functional groups attached to an aromatic ring is 1. The molecule has 3 N–H and O–H groups in total. The maximum Gasteiger partial charge on any atom is 0.130 e. The van der Waals surface area contributed by atoms with Crippen LogP contribution >= 0.6 is 0 Å². The molecule has 4 heteroatoms. The quantitative estimate of drug-likeness (QED) is 0.718. The van der Waals surface area contributed by atoms with E-state index in [4.69, 9.17) is 10.5 Å². The number of benzene rings is 2. The number of nitrogens with zero attached hydrogens (tertiary/aromatic N) is 1. The third kappa shape index (κ3) is 2.96. The smallest absolute Gasteiger partial charge is 0.130 e. The molecular formula is C18H19N3O. The molecule has 0 fully saturated rings. The lowest BCUT2D eigenvalue weighted by molar-refractivity contribution is 0.297. The number of H-pyrrole nitrogens is 1. The van der Waals surface area contributed by atoms with Crippen molar-refractivity contribution in [2.24, 2.45) is 0 Å². The molecule has 1 aromatic heterocycles. The van der Waals surface area contributed by atoms with Crippen LogP contribution in [-0.4, -0.2) is 10.2 Å². The third-order valence-electron chi connectivity index (χ3n) is 3.59. The topological polar surface area (TPSA) is 63.9 Å². The summed E-state index contributed by atoms with van der Waals surface area (Å²) in [6.07, 6.45) is 0. The van der Waals surface area contributed by atoms with Crippen LogP contribution in [0.25, 0.3) is 11.3 Å². The van der Waals surface area contributed by atoms with Crippen LogP contribution in [0.1, 0.15) is 16.8 Å². The summed E-state index contributed by atoms with van der Waals surface area (Å²) in [5.74, 6) is 0.933. The minimum atomic E-state index is 0.459. The van der Waals surface area contributed by atoms with Gasteiger partial charge in [0.05, 0.1) is 11.4 Å². The number of anilines is 1. The molecule has 2 aromatic carbocycles. The van der Waals surface area contributed by atoms with E-state index >= 15 is 0 Å². The Bertz CT molecular complexity index is 772. The summed E-state index contributed by atoms with van der Waals surface area (Å²) in [6.45, 7) is 4.56. The fourth-order valence-corrected chi connectivity index (χ4v) is 2.46. The molecule has 0 saturated heterocycles. The van der Waals surface area contributed by atoms with Crippen molar-refractivity contribution in [3.05, 3.63) is 65.4 Å². The van der Waals surface area contributed by atoms with Gasteiger partial charge in [0.25, 0.3) is 0 Å². The predicted molar refractivity (Wildman–Crippen MR) is 88.7 cm³/mol. The molecule has 0 spiro atoms. The SMILES string of the molecule is Cc1cccc(C)c1OCc1cc(-c2cccc(N)c2)n[nH]1. The number of nitrogens with two attached hydrogens (primary N) is 1. The first-order valence-electron chi connectivity index (χ1n) is 7.22. The number of para-hydroxylation sites is 1. The first kappa shape index (κ1) is 14.2. The van der Waals surface area contributed by atoms with Crippen molar-refractivity contribution < 1.29 is 4.74 Å². The van der Waals surface area contributed by atoms with Gasteiger partial charge in [0.15, 0.2) is 0 Å². The summed E-state index contributed by atoms with van der Waals surface area (Å²) >= 11 is 0. The Balaban J connectivity index is 1.75. The highest BCUT2D eigenvalue weighted by molar-refractivity contribution is 5.64. The zero-order chi connectivity index (χ0) is 15.5. The molecule has 0 aliphatic heterocycles. The number of rotatable bonds is 4. The molecule has 3 aromatic rings. The van der Waals surface area contributed by atoms with E-state index in [1.165, 1.54) is 0 Å². The van der Waals surface area contributed by atoms with Gasteiger partial charge in [-0.15, -0.1) is 0 Å². The maximum absolute atomic E-state index is 5.93. The van der Waals surface area contributed by atoms with Crippen LogP contribution in [0.5, 0.6) is 5.75 Å². The third-order valence-corrected chi connectivity index (χ3v) is 3.59. The Labute approximate surface area is 129 Å². The maximum atomic E-state index is 5.93. The van der Waals surface area contributed by atoms with Crippen LogP contribution in [0.4, 0.5) is 5.69 Å². The van der Waals surface area contributed by atoms with E-state index in [9.17, 15) is 0 Å². The molecule has 4 nitrogen and oxygen atoms in total. The standard InChI is InChI=1S/C18H19N3O/c1-12-5-3-6-13(2)18(12)22-11-16-10-17(21-20-16)14-7-4-8-15(19)9-14/h3-10H,11,19H2,1-2H3,(H,20,21). The predicted octanol–water partition coefficient (Wildman–Crippen LogP) is 3.85. The Morgan fingerprint density at radius 2 is 1.77 bits per heavy atom. The zero-order valence-corrected chi connectivity index (χ0v) is 12.8. The molecule has 22 heavy (non-hydrogen) atoms. The van der Waals surface area contributed by atoms with Gasteiger partial charge in [0.1, 0.15) is 12.4 Å². The van der Waals surface area contributed by atoms with Crippen molar-refractivity contribution >= 4 is 5.69 Å².